The first-order valence-corrected chi connectivity index (χ1v) is 10.0. The maximum atomic E-state index is 12.7. The van der Waals surface area contributed by atoms with Gasteiger partial charge >= 0.3 is 6.03 Å². The Morgan fingerprint density at radius 3 is 2.54 bits per heavy atom. The Kier molecular flexibility index (Phi) is 6.12. The van der Waals surface area contributed by atoms with Gasteiger partial charge in [-0.2, -0.15) is 0 Å². The molecule has 1 atom stereocenters. The maximum Gasteiger partial charge on any atom is 0.319 e. The van der Waals surface area contributed by atoms with E-state index in [9.17, 15) is 23.4 Å². The molecule has 1 aromatic carbocycles. The molecule has 144 valence electrons. The zero-order chi connectivity index (χ0) is 19.7. The van der Waals surface area contributed by atoms with Gasteiger partial charge in [0.2, 0.25) is 0 Å². The molecule has 0 heterocycles. The fraction of sp³-hybridized carbons (Fsp3) is 0.438. The molecule has 0 bridgehead atoms. The lowest BCUT2D eigenvalue weighted by atomic mass is 10.2. The normalized spacial score (nSPS) is 17.7. The van der Waals surface area contributed by atoms with Crippen LogP contribution in [0.3, 0.4) is 0 Å². The van der Waals surface area contributed by atoms with Crippen LogP contribution in [0, 0.1) is 0 Å². The minimum Gasteiger partial charge on any atom is -0.504 e. The van der Waals surface area contributed by atoms with Crippen molar-refractivity contribution < 1.29 is 23.4 Å². The summed E-state index contributed by atoms with van der Waals surface area (Å²) in [5.41, 5.74) is -0.127. The number of aliphatic hydroxyl groups excluding tert-OH is 1. The number of carbonyl (C=O) groups is 1. The summed E-state index contributed by atoms with van der Waals surface area (Å²) in [4.78, 5) is 11.6. The number of halogens is 2. The minimum absolute atomic E-state index is 0.127. The minimum atomic E-state index is -4.17. The lowest BCUT2D eigenvalue weighted by molar-refractivity contribution is 0.249. The van der Waals surface area contributed by atoms with Gasteiger partial charge in [-0.15, -0.1) is 0 Å². The van der Waals surface area contributed by atoms with Crippen molar-refractivity contribution in [3.8, 4) is 5.75 Å². The van der Waals surface area contributed by atoms with Crippen LogP contribution in [-0.4, -0.2) is 42.1 Å². The van der Waals surface area contributed by atoms with Crippen molar-refractivity contribution in [3.63, 3.8) is 0 Å². The number of benzene rings is 1. The first-order valence-electron chi connectivity index (χ1n) is 7.81. The predicted molar refractivity (Wildman–Crippen MR) is 101 cm³/mol. The summed E-state index contributed by atoms with van der Waals surface area (Å²) >= 11 is 11.9. The van der Waals surface area contributed by atoms with Crippen molar-refractivity contribution in [1.29, 1.82) is 0 Å². The highest BCUT2D eigenvalue weighted by atomic mass is 35.5. The standard InChI is InChI=1S/C16H20Cl2N2O5S/c1-16(2,8-21)26(24,25)14-10(18)6-7-12(13(14)22)20-15(23)19-11-5-3-4-9(11)17/h4,6-7,11,21-22H,3,5,8H2,1-2H3,(H2,19,20,23). The maximum absolute atomic E-state index is 12.7. The lowest BCUT2D eigenvalue weighted by Crippen LogP contribution is -2.37. The van der Waals surface area contributed by atoms with Gasteiger partial charge in [-0.1, -0.05) is 29.3 Å². The summed E-state index contributed by atoms with van der Waals surface area (Å²) in [5.74, 6) is -0.692. The number of hydrogen-bond acceptors (Lipinski definition) is 5. The number of urea groups is 1. The third-order valence-corrected chi connectivity index (χ3v) is 7.52. The molecule has 1 unspecified atom stereocenters. The smallest absolute Gasteiger partial charge is 0.319 e. The summed E-state index contributed by atoms with van der Waals surface area (Å²) in [6.07, 6.45) is 3.20. The Morgan fingerprint density at radius 1 is 1.35 bits per heavy atom. The van der Waals surface area contributed by atoms with E-state index in [1.807, 2.05) is 0 Å². The van der Waals surface area contributed by atoms with E-state index in [4.69, 9.17) is 23.2 Å². The molecule has 1 aliphatic carbocycles. The molecule has 0 spiro atoms. The topological polar surface area (TPSA) is 116 Å². The summed E-state index contributed by atoms with van der Waals surface area (Å²) in [6.45, 7) is 1.94. The molecule has 10 heteroatoms. The van der Waals surface area contributed by atoms with E-state index in [2.05, 4.69) is 10.6 Å². The number of nitrogens with one attached hydrogen (secondary N) is 2. The van der Waals surface area contributed by atoms with E-state index in [1.54, 1.807) is 6.08 Å². The third-order valence-electron chi connectivity index (χ3n) is 4.14. The van der Waals surface area contributed by atoms with Crippen molar-refractivity contribution in [3.05, 3.63) is 28.3 Å². The number of carbonyl (C=O) groups excluding carboxylic acids is 1. The zero-order valence-corrected chi connectivity index (χ0v) is 16.5. The molecule has 0 saturated heterocycles. The van der Waals surface area contributed by atoms with Crippen molar-refractivity contribution in [1.82, 2.24) is 5.32 Å². The molecule has 0 radical (unpaired) electrons. The third kappa shape index (κ3) is 3.93. The highest BCUT2D eigenvalue weighted by molar-refractivity contribution is 7.93. The summed E-state index contributed by atoms with van der Waals surface area (Å²) in [6, 6.07) is 1.56. The van der Waals surface area contributed by atoms with Crippen LogP contribution in [0.2, 0.25) is 5.02 Å². The number of amides is 2. The van der Waals surface area contributed by atoms with Crippen LogP contribution in [0.4, 0.5) is 10.5 Å². The average molecular weight is 423 g/mol. The van der Waals surface area contributed by atoms with Crippen LogP contribution < -0.4 is 10.6 Å². The summed E-state index contributed by atoms with van der Waals surface area (Å²) in [7, 11) is -4.17. The monoisotopic (exact) mass is 422 g/mol. The number of hydrogen-bond donors (Lipinski definition) is 4. The van der Waals surface area contributed by atoms with Crippen molar-refractivity contribution in [2.45, 2.75) is 42.4 Å². The Morgan fingerprint density at radius 2 is 2.00 bits per heavy atom. The van der Waals surface area contributed by atoms with Crippen LogP contribution in [0.25, 0.3) is 0 Å². The number of phenols is 1. The van der Waals surface area contributed by atoms with Crippen LogP contribution in [0.1, 0.15) is 26.7 Å². The van der Waals surface area contributed by atoms with Gasteiger partial charge in [0, 0.05) is 5.03 Å². The second-order valence-electron chi connectivity index (χ2n) is 6.51. The highest BCUT2D eigenvalue weighted by Crippen LogP contribution is 2.41. The van der Waals surface area contributed by atoms with E-state index in [0.29, 0.717) is 11.5 Å². The van der Waals surface area contributed by atoms with E-state index in [0.717, 1.165) is 6.42 Å². The fourth-order valence-electron chi connectivity index (χ4n) is 2.39. The Balaban J connectivity index is 2.32. The molecular weight excluding hydrogens is 403 g/mol. The van der Waals surface area contributed by atoms with Gasteiger partial charge in [0.1, 0.15) is 4.90 Å². The first kappa shape index (κ1) is 20.8. The second-order valence-corrected chi connectivity index (χ2v) is 9.88. The van der Waals surface area contributed by atoms with Gasteiger partial charge in [0.25, 0.3) is 0 Å². The van der Waals surface area contributed by atoms with Gasteiger partial charge in [-0.3, -0.25) is 0 Å². The Labute approximate surface area is 161 Å². The average Bonchev–Trinajstić information content (AvgIpc) is 2.94. The molecule has 0 aliphatic heterocycles. The molecule has 0 fully saturated rings. The molecule has 26 heavy (non-hydrogen) atoms. The van der Waals surface area contributed by atoms with E-state index in [-0.39, 0.29) is 16.8 Å². The highest BCUT2D eigenvalue weighted by Gasteiger charge is 2.39. The van der Waals surface area contributed by atoms with E-state index in [1.165, 1.54) is 26.0 Å². The number of rotatable bonds is 5. The number of aromatic hydroxyl groups is 1. The van der Waals surface area contributed by atoms with Crippen LogP contribution in [-0.2, 0) is 9.84 Å². The van der Waals surface area contributed by atoms with Crippen LogP contribution in [0.5, 0.6) is 5.75 Å². The van der Waals surface area contributed by atoms with Crippen molar-refractivity contribution in [2.24, 2.45) is 0 Å². The number of allylic oxidation sites excluding steroid dienone is 1. The van der Waals surface area contributed by atoms with Gasteiger partial charge in [0.05, 0.1) is 28.1 Å². The fourth-order valence-corrected chi connectivity index (χ4v) is 4.53. The van der Waals surface area contributed by atoms with Gasteiger partial charge in [0.15, 0.2) is 15.6 Å². The molecule has 0 saturated carbocycles. The van der Waals surface area contributed by atoms with Gasteiger partial charge in [-0.05, 0) is 38.8 Å². The quantitative estimate of drug-likeness (QED) is 0.544. The summed E-state index contributed by atoms with van der Waals surface area (Å²) in [5, 5.41) is 25.1. The van der Waals surface area contributed by atoms with Gasteiger partial charge < -0.3 is 20.8 Å². The number of sulfone groups is 1. The molecule has 4 N–H and O–H groups in total. The number of aliphatic hydroxyl groups is 1. The second kappa shape index (κ2) is 7.64. The number of phenolic OH excluding ortho intramolecular Hbond substituents is 1. The van der Waals surface area contributed by atoms with Crippen molar-refractivity contribution in [2.75, 3.05) is 11.9 Å². The molecule has 2 rings (SSSR count). The molecule has 0 aromatic heterocycles. The Hall–Kier alpha value is -1.48. The zero-order valence-electron chi connectivity index (χ0n) is 14.2. The molecular formula is C16H20Cl2N2O5S. The summed E-state index contributed by atoms with van der Waals surface area (Å²) < 4.78 is 23.9. The van der Waals surface area contributed by atoms with Crippen LogP contribution in [0.15, 0.2) is 28.1 Å². The molecule has 2 amide bonds. The Bertz CT molecular complexity index is 852. The van der Waals surface area contributed by atoms with Gasteiger partial charge in [-0.25, -0.2) is 13.2 Å². The number of anilines is 1. The molecule has 1 aromatic rings. The van der Waals surface area contributed by atoms with E-state index >= 15 is 0 Å². The van der Waals surface area contributed by atoms with Crippen LogP contribution >= 0.6 is 23.2 Å². The van der Waals surface area contributed by atoms with E-state index < -0.39 is 37.9 Å². The van der Waals surface area contributed by atoms with Crippen molar-refractivity contribution >= 4 is 44.8 Å². The first-order chi connectivity index (χ1) is 12.0. The SMILES string of the molecule is CC(C)(CO)S(=O)(=O)c1c(Cl)ccc(NC(=O)NC2CCC=C2Cl)c1O. The lowest BCUT2D eigenvalue weighted by Gasteiger charge is -2.24. The molecule has 7 nitrogen and oxygen atoms in total. The predicted octanol–water partition coefficient (Wildman–Crippen LogP) is 3.00. The largest absolute Gasteiger partial charge is 0.504 e. The molecule has 1 aliphatic rings.